The fourth-order valence-corrected chi connectivity index (χ4v) is 2.44. The number of morpholine rings is 1. The van der Waals surface area contributed by atoms with E-state index in [1.807, 2.05) is 6.92 Å². The van der Waals surface area contributed by atoms with Gasteiger partial charge in [-0.3, -0.25) is 4.79 Å². The number of carbonyl (C=O) groups excluding carboxylic acids is 2. The van der Waals surface area contributed by atoms with Gasteiger partial charge in [-0.15, -0.1) is 0 Å². The maximum absolute atomic E-state index is 12.0. The van der Waals surface area contributed by atoms with Gasteiger partial charge in [-0.25, -0.2) is 4.79 Å². The van der Waals surface area contributed by atoms with Gasteiger partial charge in [0.25, 0.3) is 5.91 Å². The summed E-state index contributed by atoms with van der Waals surface area (Å²) in [6, 6.07) is 5.27. The van der Waals surface area contributed by atoms with Crippen LogP contribution in [0.1, 0.15) is 12.5 Å². The molecule has 0 saturated carbocycles. The summed E-state index contributed by atoms with van der Waals surface area (Å²) in [5.74, 6) is 0.370. The van der Waals surface area contributed by atoms with Crippen molar-refractivity contribution in [3.05, 3.63) is 29.8 Å². The Labute approximate surface area is 147 Å². The summed E-state index contributed by atoms with van der Waals surface area (Å²) in [5, 5.41) is 0. The van der Waals surface area contributed by atoms with E-state index in [9.17, 15) is 9.59 Å². The molecule has 1 fully saturated rings. The smallest absolute Gasteiger partial charge is 0.331 e. The Hall–Kier alpha value is -2.54. The molecule has 1 aliphatic rings. The van der Waals surface area contributed by atoms with E-state index in [1.165, 1.54) is 13.2 Å². The highest BCUT2D eigenvalue weighted by Gasteiger charge is 2.21. The first-order chi connectivity index (χ1) is 12.0. The van der Waals surface area contributed by atoms with Crippen molar-refractivity contribution >= 4 is 18.0 Å². The van der Waals surface area contributed by atoms with Gasteiger partial charge < -0.3 is 23.8 Å². The number of nitrogens with zero attached hydrogens (tertiary/aromatic N) is 1. The van der Waals surface area contributed by atoms with Gasteiger partial charge in [-0.1, -0.05) is 6.07 Å². The SMILES string of the molecule is COc1ccc(/C=C/C(=O)OCC(=O)N2CCOC(C)C2)cc1OC. The second kappa shape index (κ2) is 9.08. The summed E-state index contributed by atoms with van der Waals surface area (Å²) in [6.45, 7) is 3.15. The van der Waals surface area contributed by atoms with Crippen LogP contribution in [0.2, 0.25) is 0 Å². The van der Waals surface area contributed by atoms with Crippen molar-refractivity contribution in [1.82, 2.24) is 4.90 Å². The third-order valence-electron chi connectivity index (χ3n) is 3.75. The molecule has 2 rings (SSSR count). The summed E-state index contributed by atoms with van der Waals surface area (Å²) < 4.78 is 20.7. The minimum atomic E-state index is -0.579. The highest BCUT2D eigenvalue weighted by Crippen LogP contribution is 2.27. The van der Waals surface area contributed by atoms with Crippen LogP contribution in [0.15, 0.2) is 24.3 Å². The molecule has 7 heteroatoms. The minimum Gasteiger partial charge on any atom is -0.493 e. The molecular formula is C18H23NO6. The van der Waals surface area contributed by atoms with Crippen LogP contribution in [0.25, 0.3) is 6.08 Å². The maximum atomic E-state index is 12.0. The Kier molecular flexibility index (Phi) is 6.82. The van der Waals surface area contributed by atoms with Crippen LogP contribution in [0.3, 0.4) is 0 Å². The van der Waals surface area contributed by atoms with Crippen LogP contribution < -0.4 is 9.47 Å². The molecule has 1 heterocycles. The van der Waals surface area contributed by atoms with Crippen molar-refractivity contribution in [3.8, 4) is 11.5 Å². The van der Waals surface area contributed by atoms with E-state index in [4.69, 9.17) is 18.9 Å². The van der Waals surface area contributed by atoms with Gasteiger partial charge >= 0.3 is 5.97 Å². The Morgan fingerprint density at radius 3 is 2.72 bits per heavy atom. The van der Waals surface area contributed by atoms with Crippen LogP contribution >= 0.6 is 0 Å². The van der Waals surface area contributed by atoms with Crippen molar-refractivity contribution in [1.29, 1.82) is 0 Å². The van der Waals surface area contributed by atoms with Crippen molar-refractivity contribution < 1.29 is 28.5 Å². The summed E-state index contributed by atoms with van der Waals surface area (Å²) in [4.78, 5) is 25.4. The van der Waals surface area contributed by atoms with E-state index in [0.717, 1.165) is 5.56 Å². The summed E-state index contributed by atoms with van der Waals surface area (Å²) in [5.41, 5.74) is 0.753. The number of benzene rings is 1. The highest BCUT2D eigenvalue weighted by atomic mass is 16.5. The number of esters is 1. The first-order valence-corrected chi connectivity index (χ1v) is 7.99. The Morgan fingerprint density at radius 2 is 2.04 bits per heavy atom. The van der Waals surface area contributed by atoms with Crippen LogP contribution in [0.4, 0.5) is 0 Å². The zero-order chi connectivity index (χ0) is 18.2. The van der Waals surface area contributed by atoms with Crippen molar-refractivity contribution in [2.24, 2.45) is 0 Å². The van der Waals surface area contributed by atoms with Gasteiger partial charge in [0.1, 0.15) is 0 Å². The van der Waals surface area contributed by atoms with E-state index in [1.54, 1.807) is 36.3 Å². The molecule has 0 aromatic heterocycles. The van der Waals surface area contributed by atoms with E-state index in [2.05, 4.69) is 0 Å². The molecule has 0 radical (unpaired) electrons. The van der Waals surface area contributed by atoms with E-state index < -0.39 is 5.97 Å². The lowest BCUT2D eigenvalue weighted by molar-refractivity contribution is -0.151. The first kappa shape index (κ1) is 18.8. The largest absolute Gasteiger partial charge is 0.493 e. The fraction of sp³-hybridized carbons (Fsp3) is 0.444. The molecule has 136 valence electrons. The summed E-state index contributed by atoms with van der Waals surface area (Å²) >= 11 is 0. The number of hydrogen-bond acceptors (Lipinski definition) is 6. The van der Waals surface area contributed by atoms with Crippen molar-refractivity contribution in [2.75, 3.05) is 40.5 Å². The van der Waals surface area contributed by atoms with Gasteiger partial charge in [0.2, 0.25) is 0 Å². The summed E-state index contributed by atoms with van der Waals surface area (Å²) in [6.07, 6.45) is 2.86. The topological polar surface area (TPSA) is 74.3 Å². The van der Waals surface area contributed by atoms with Gasteiger partial charge in [-0.05, 0) is 30.7 Å². The molecule has 1 atom stereocenters. The van der Waals surface area contributed by atoms with Crippen LogP contribution in [0.5, 0.6) is 11.5 Å². The number of amides is 1. The van der Waals surface area contributed by atoms with E-state index in [-0.39, 0.29) is 18.6 Å². The van der Waals surface area contributed by atoms with E-state index >= 15 is 0 Å². The number of carbonyl (C=O) groups is 2. The lowest BCUT2D eigenvalue weighted by atomic mass is 10.2. The van der Waals surface area contributed by atoms with Crippen LogP contribution in [-0.4, -0.2) is 63.4 Å². The quantitative estimate of drug-likeness (QED) is 0.572. The summed E-state index contributed by atoms with van der Waals surface area (Å²) in [7, 11) is 3.09. The molecule has 25 heavy (non-hydrogen) atoms. The molecule has 1 aliphatic heterocycles. The number of hydrogen-bond donors (Lipinski definition) is 0. The number of ether oxygens (including phenoxy) is 4. The average molecular weight is 349 g/mol. The zero-order valence-corrected chi connectivity index (χ0v) is 14.7. The molecule has 1 amide bonds. The van der Waals surface area contributed by atoms with Gasteiger partial charge in [0, 0.05) is 19.2 Å². The highest BCUT2D eigenvalue weighted by molar-refractivity contribution is 5.89. The van der Waals surface area contributed by atoms with Gasteiger partial charge in [0.15, 0.2) is 18.1 Å². The predicted molar refractivity (Wildman–Crippen MR) is 91.5 cm³/mol. The molecule has 0 bridgehead atoms. The fourth-order valence-electron chi connectivity index (χ4n) is 2.44. The molecule has 1 unspecified atom stereocenters. The molecule has 7 nitrogen and oxygen atoms in total. The molecule has 0 spiro atoms. The number of rotatable bonds is 6. The molecule has 0 N–H and O–H groups in total. The zero-order valence-electron chi connectivity index (χ0n) is 14.7. The number of methoxy groups -OCH3 is 2. The second-order valence-electron chi connectivity index (χ2n) is 5.58. The molecule has 1 aromatic carbocycles. The van der Waals surface area contributed by atoms with E-state index in [0.29, 0.717) is 31.2 Å². The van der Waals surface area contributed by atoms with Crippen LogP contribution in [-0.2, 0) is 19.1 Å². The van der Waals surface area contributed by atoms with Gasteiger partial charge in [-0.2, -0.15) is 0 Å². The third-order valence-corrected chi connectivity index (χ3v) is 3.75. The second-order valence-corrected chi connectivity index (χ2v) is 5.58. The Balaban J connectivity index is 1.85. The molecule has 1 aromatic rings. The molecule has 0 aliphatic carbocycles. The predicted octanol–water partition coefficient (Wildman–Crippen LogP) is 1.51. The van der Waals surface area contributed by atoms with Crippen molar-refractivity contribution in [3.63, 3.8) is 0 Å². The normalized spacial score (nSPS) is 17.4. The monoisotopic (exact) mass is 349 g/mol. The maximum Gasteiger partial charge on any atom is 0.331 e. The Morgan fingerprint density at radius 1 is 1.28 bits per heavy atom. The lowest BCUT2D eigenvalue weighted by Crippen LogP contribution is -2.46. The minimum absolute atomic E-state index is 0.00153. The first-order valence-electron chi connectivity index (χ1n) is 7.99. The third kappa shape index (κ3) is 5.49. The standard InChI is InChI=1S/C18H23NO6/c1-13-11-19(8-9-24-13)17(20)12-25-18(21)7-5-14-4-6-15(22-2)16(10-14)23-3/h4-7,10,13H,8-9,11-12H2,1-3H3/b7-5+. The average Bonchev–Trinajstić information content (AvgIpc) is 2.64. The van der Waals surface area contributed by atoms with Crippen molar-refractivity contribution in [2.45, 2.75) is 13.0 Å². The van der Waals surface area contributed by atoms with Gasteiger partial charge in [0.05, 0.1) is 26.9 Å². The molecular weight excluding hydrogens is 326 g/mol. The van der Waals surface area contributed by atoms with Crippen LogP contribution in [0, 0.1) is 0 Å². The molecule has 1 saturated heterocycles. The Bertz CT molecular complexity index is 642. The lowest BCUT2D eigenvalue weighted by Gasteiger charge is -2.30.